The first-order valence-corrected chi connectivity index (χ1v) is 13.7. The Hall–Kier alpha value is -2.06. The van der Waals surface area contributed by atoms with Crippen LogP contribution in [-0.2, 0) is 18.9 Å². The first kappa shape index (κ1) is 35.4. The Labute approximate surface area is 246 Å². The van der Waals surface area contributed by atoms with Crippen molar-refractivity contribution in [3.63, 3.8) is 0 Å². The Balaban J connectivity index is 1.91. The number of guanidine groups is 1. The Kier molecular flexibility index (Phi) is 12.6. The number of nitrogens with two attached hydrogens (primary N) is 6. The molecule has 0 spiro atoms. The molecule has 20 N–H and O–H groups in total. The third-order valence-corrected chi connectivity index (χ3v) is 7.62. The van der Waals surface area contributed by atoms with Crippen LogP contribution in [0.3, 0.4) is 0 Å². The van der Waals surface area contributed by atoms with Gasteiger partial charge in [-0.3, -0.25) is 5.21 Å². The highest BCUT2D eigenvalue weighted by Crippen LogP contribution is 2.32. The average Bonchev–Trinajstić information content (AvgIpc) is 2.96. The number of nitrogens with zero attached hydrogens (tertiary/aromatic N) is 2. The third-order valence-electron chi connectivity index (χ3n) is 7.62. The fourth-order valence-electron chi connectivity index (χ4n) is 5.27. The summed E-state index contributed by atoms with van der Waals surface area (Å²) in [5, 5.41) is 75.7. The largest absolute Gasteiger partial charge is 0.394 e. The lowest BCUT2D eigenvalue weighted by molar-refractivity contribution is -0.319. The molecule has 2 aliphatic heterocycles. The fraction of sp³-hybridized carbons (Fsp3) is 0.909. The summed E-state index contributed by atoms with van der Waals surface area (Å²) < 4.78 is 23.0. The molecule has 0 aromatic rings. The quantitative estimate of drug-likeness (QED) is 0.0462. The van der Waals surface area contributed by atoms with Gasteiger partial charge in [-0.2, -0.15) is 0 Å². The van der Waals surface area contributed by atoms with Crippen molar-refractivity contribution in [2.75, 3.05) is 26.2 Å². The summed E-state index contributed by atoms with van der Waals surface area (Å²) in [6, 6.07) is -5.95. The lowest BCUT2D eigenvalue weighted by Crippen LogP contribution is -2.69. The average molecular weight is 628 g/mol. The first-order chi connectivity index (χ1) is 20.2. The molecule has 3 aliphatic rings. The van der Waals surface area contributed by atoms with Crippen LogP contribution < -0.4 is 39.7 Å². The van der Waals surface area contributed by atoms with E-state index in [1.54, 1.807) is 0 Å². The van der Waals surface area contributed by atoms with E-state index in [2.05, 4.69) is 10.3 Å². The van der Waals surface area contributed by atoms with E-state index in [0.717, 1.165) is 0 Å². The minimum Gasteiger partial charge on any atom is -0.394 e. The van der Waals surface area contributed by atoms with Gasteiger partial charge < -0.3 is 89.3 Å². The van der Waals surface area contributed by atoms with Crippen LogP contribution in [0.5, 0.6) is 0 Å². The van der Waals surface area contributed by atoms with Crippen LogP contribution in [-0.4, -0.2) is 171 Å². The number of hydrogen-bond acceptors (Lipinski definition) is 17. The van der Waals surface area contributed by atoms with Crippen LogP contribution in [0.4, 0.5) is 4.79 Å². The van der Waals surface area contributed by atoms with Crippen molar-refractivity contribution in [1.82, 2.24) is 10.4 Å². The zero-order valence-electron chi connectivity index (χ0n) is 23.2. The van der Waals surface area contributed by atoms with Crippen molar-refractivity contribution < 1.29 is 59.6 Å². The van der Waals surface area contributed by atoms with Gasteiger partial charge in [-0.1, -0.05) is 0 Å². The van der Waals surface area contributed by atoms with Crippen LogP contribution in [0.25, 0.3) is 0 Å². The van der Waals surface area contributed by atoms with Gasteiger partial charge in [-0.05, 0) is 6.42 Å². The third kappa shape index (κ3) is 7.97. The van der Waals surface area contributed by atoms with E-state index in [-0.39, 0.29) is 26.1 Å². The van der Waals surface area contributed by atoms with Crippen molar-refractivity contribution in [2.24, 2.45) is 39.4 Å². The minimum absolute atomic E-state index is 0.0693. The van der Waals surface area contributed by atoms with Crippen LogP contribution in [0.1, 0.15) is 6.42 Å². The Morgan fingerprint density at radius 1 is 0.907 bits per heavy atom. The topological polar surface area (TPSA) is 379 Å². The summed E-state index contributed by atoms with van der Waals surface area (Å²) in [4.78, 5) is 16.5. The number of aliphatic hydroxyl groups excluding tert-OH is 6. The van der Waals surface area contributed by atoms with Gasteiger partial charge in [0.15, 0.2) is 18.5 Å². The van der Waals surface area contributed by atoms with Crippen LogP contribution in [0.15, 0.2) is 4.99 Å². The van der Waals surface area contributed by atoms with E-state index in [1.807, 2.05) is 0 Å². The molecule has 21 nitrogen and oxygen atoms in total. The fourth-order valence-corrected chi connectivity index (χ4v) is 5.27. The lowest BCUT2D eigenvalue weighted by atomic mass is 9.83. The van der Waals surface area contributed by atoms with Gasteiger partial charge in [-0.25, -0.2) is 14.9 Å². The summed E-state index contributed by atoms with van der Waals surface area (Å²) in [6.07, 6.45) is -16.5. The number of nitrogens with one attached hydrogen (secondary N) is 1. The molecule has 0 bridgehead atoms. The molecule has 3 fully saturated rings. The first-order valence-electron chi connectivity index (χ1n) is 13.7. The molecule has 3 rings (SSSR count). The van der Waals surface area contributed by atoms with Crippen LogP contribution in [0, 0.1) is 0 Å². The highest BCUT2D eigenvalue weighted by atomic mass is 16.7. The Bertz CT molecular complexity index is 936. The van der Waals surface area contributed by atoms with Gasteiger partial charge in [0.25, 0.3) is 0 Å². The molecule has 2 amide bonds. The number of carbonyl (C=O) groups is 1. The normalized spacial score (nSPS) is 43.6. The standard InChI is InChI=1S/C22H45N9O12/c23-1-2-31(39)22(38)29-7-3-6(25)17(42-19-11(30-21(27)28)15(36)13(34)8(4-24)40-19)16(37)18(7)43-20-14(35)10(26)12(33)9(5-32)41-20/h6-20,32-37,39H,1-5,23-26H2,(H,29,38)(H4,27,28,30)/t6-,7+,8+,9+,10-,11+,12+,13+,14+,15+,16-,17?,18-,19+,20+/m0/s1. The van der Waals surface area contributed by atoms with Crippen molar-refractivity contribution in [2.45, 2.75) is 98.1 Å². The summed E-state index contributed by atoms with van der Waals surface area (Å²) in [7, 11) is 0. The van der Waals surface area contributed by atoms with Crippen LogP contribution in [0.2, 0.25) is 0 Å². The number of hydroxylamine groups is 2. The van der Waals surface area contributed by atoms with Gasteiger partial charge in [0.05, 0.1) is 25.2 Å². The molecule has 0 radical (unpaired) electrons. The number of rotatable bonds is 10. The zero-order chi connectivity index (χ0) is 32.2. The van der Waals surface area contributed by atoms with Crippen molar-refractivity contribution in [3.05, 3.63) is 0 Å². The maximum absolute atomic E-state index is 12.6. The van der Waals surface area contributed by atoms with Gasteiger partial charge >= 0.3 is 6.03 Å². The van der Waals surface area contributed by atoms with Crippen molar-refractivity contribution >= 4 is 12.0 Å². The number of ether oxygens (including phenoxy) is 4. The van der Waals surface area contributed by atoms with Gasteiger partial charge in [-0.15, -0.1) is 0 Å². The second kappa shape index (κ2) is 15.3. The van der Waals surface area contributed by atoms with E-state index in [9.17, 15) is 40.6 Å². The lowest BCUT2D eigenvalue weighted by Gasteiger charge is -2.49. The molecule has 15 atom stereocenters. The van der Waals surface area contributed by atoms with Gasteiger partial charge in [0.2, 0.25) is 0 Å². The van der Waals surface area contributed by atoms with Gasteiger partial charge in [0.1, 0.15) is 61.0 Å². The molecular formula is C22H45N9O12. The minimum atomic E-state index is -1.74. The van der Waals surface area contributed by atoms with Gasteiger partial charge in [0, 0.05) is 19.1 Å². The summed E-state index contributed by atoms with van der Waals surface area (Å²) in [6.45, 7) is -1.23. The number of aliphatic hydroxyl groups is 6. The Morgan fingerprint density at radius 2 is 1.53 bits per heavy atom. The van der Waals surface area contributed by atoms with E-state index < -0.39 is 110 Å². The number of aliphatic imine (C=N–C) groups is 1. The summed E-state index contributed by atoms with van der Waals surface area (Å²) >= 11 is 0. The Morgan fingerprint density at radius 3 is 2.12 bits per heavy atom. The SMILES string of the molecule is NCCN(O)C(=O)N[C@@H]1C[C@H](N)C(O[C@H]2O[C@H](CN)[C@@H](O)[C@H](O)[C@H]2N=C(N)N)[C@H](O)[C@H]1O[C@H]1O[C@H](CO)[C@@H](O)[C@H](N)[C@H]1O. The number of amides is 2. The number of carbonyl (C=O) groups excluding carboxylic acids is 1. The predicted molar refractivity (Wildman–Crippen MR) is 143 cm³/mol. The summed E-state index contributed by atoms with van der Waals surface area (Å²) in [5.74, 6) is -0.469. The van der Waals surface area contributed by atoms with Crippen LogP contribution >= 0.6 is 0 Å². The molecule has 0 aromatic heterocycles. The maximum Gasteiger partial charge on any atom is 0.341 e. The van der Waals surface area contributed by atoms with E-state index in [0.29, 0.717) is 5.06 Å². The van der Waals surface area contributed by atoms with E-state index in [1.165, 1.54) is 0 Å². The molecule has 1 aliphatic carbocycles. The smallest absolute Gasteiger partial charge is 0.341 e. The molecular weight excluding hydrogens is 582 g/mol. The molecule has 0 aromatic carbocycles. The second-order valence-electron chi connectivity index (χ2n) is 10.6. The van der Waals surface area contributed by atoms with Crippen molar-refractivity contribution in [1.29, 1.82) is 0 Å². The molecule has 43 heavy (non-hydrogen) atoms. The molecule has 2 saturated heterocycles. The molecule has 21 heteroatoms. The molecule has 1 saturated carbocycles. The monoisotopic (exact) mass is 627 g/mol. The predicted octanol–water partition coefficient (Wildman–Crippen LogP) is -8.61. The second-order valence-corrected chi connectivity index (χ2v) is 10.6. The molecule has 2 heterocycles. The zero-order valence-corrected chi connectivity index (χ0v) is 23.2. The highest BCUT2D eigenvalue weighted by molar-refractivity contribution is 5.76. The van der Waals surface area contributed by atoms with Crippen molar-refractivity contribution in [3.8, 4) is 0 Å². The number of hydrogen-bond donors (Lipinski definition) is 14. The maximum atomic E-state index is 12.6. The van der Waals surface area contributed by atoms with E-state index in [4.69, 9.17) is 53.3 Å². The molecule has 1 unspecified atom stereocenters. The number of urea groups is 1. The summed E-state index contributed by atoms with van der Waals surface area (Å²) in [5.41, 5.74) is 34.2. The highest BCUT2D eigenvalue weighted by Gasteiger charge is 2.53. The van der Waals surface area contributed by atoms with E-state index >= 15 is 0 Å². The molecule has 250 valence electrons.